The van der Waals surface area contributed by atoms with Crippen molar-refractivity contribution in [3.63, 3.8) is 0 Å². The van der Waals surface area contributed by atoms with Crippen LogP contribution in [0, 0.1) is 11.6 Å². The number of halogens is 3. The van der Waals surface area contributed by atoms with Gasteiger partial charge in [-0.1, -0.05) is 11.6 Å². The van der Waals surface area contributed by atoms with Gasteiger partial charge < -0.3 is 29.6 Å². The molecule has 0 bridgehead atoms. The largest absolute Gasteiger partial charge is 0.493 e. The Balaban J connectivity index is 1.38. The number of carbonyl (C=O) groups excluding carboxylic acids is 1. The van der Waals surface area contributed by atoms with Crippen LogP contribution in [0.4, 0.5) is 14.5 Å². The van der Waals surface area contributed by atoms with E-state index in [0.29, 0.717) is 35.6 Å². The maximum Gasteiger partial charge on any atom is 0.261 e. The Bertz CT molecular complexity index is 1540. The molecule has 0 unspecified atom stereocenters. The lowest BCUT2D eigenvalue weighted by atomic mass is 10.1. The van der Waals surface area contributed by atoms with E-state index in [-0.39, 0.29) is 34.0 Å². The first-order valence-corrected chi connectivity index (χ1v) is 12.8. The molecule has 5 rings (SSSR count). The molecule has 40 heavy (non-hydrogen) atoms. The van der Waals surface area contributed by atoms with Crippen LogP contribution in [0.5, 0.6) is 28.7 Å². The molecule has 2 N–H and O–H groups in total. The zero-order valence-corrected chi connectivity index (χ0v) is 22.4. The van der Waals surface area contributed by atoms with E-state index in [2.05, 4.69) is 20.6 Å². The van der Waals surface area contributed by atoms with Crippen LogP contribution in [0.2, 0.25) is 5.15 Å². The van der Waals surface area contributed by atoms with Crippen molar-refractivity contribution in [1.29, 1.82) is 0 Å². The number of likely N-dealkylation sites (N-methyl/N-ethyl adjacent to an activating group) is 1. The monoisotopic (exact) mass is 570 g/mol. The van der Waals surface area contributed by atoms with E-state index in [9.17, 15) is 4.79 Å². The first-order valence-electron chi connectivity index (χ1n) is 12.4. The zero-order chi connectivity index (χ0) is 28.2. The normalized spacial score (nSPS) is 12.7. The number of pyridine rings is 2. The number of benzene rings is 2. The number of methoxy groups -OCH3 is 1. The Morgan fingerprint density at radius 3 is 2.52 bits per heavy atom. The molecule has 208 valence electrons. The Morgan fingerprint density at radius 1 is 1.05 bits per heavy atom. The van der Waals surface area contributed by atoms with Gasteiger partial charge in [-0.15, -0.1) is 0 Å². The number of carbonyl (C=O) groups is 1. The number of fused-ring (bicyclic) bond motifs is 1. The van der Waals surface area contributed by atoms with Crippen LogP contribution in [0.3, 0.4) is 0 Å². The first kappa shape index (κ1) is 27.4. The molecule has 0 radical (unpaired) electrons. The Kier molecular flexibility index (Phi) is 8.13. The minimum Gasteiger partial charge on any atom is -0.493 e. The second-order valence-corrected chi connectivity index (χ2v) is 9.31. The van der Waals surface area contributed by atoms with Crippen LogP contribution in [0.15, 0.2) is 48.8 Å². The second kappa shape index (κ2) is 11.9. The highest BCUT2D eigenvalue weighted by Crippen LogP contribution is 2.39. The molecule has 4 aromatic rings. The van der Waals surface area contributed by atoms with Gasteiger partial charge in [0.2, 0.25) is 0 Å². The first-order chi connectivity index (χ1) is 19.4. The summed E-state index contributed by atoms with van der Waals surface area (Å²) >= 11 is 5.94. The summed E-state index contributed by atoms with van der Waals surface area (Å²) in [5, 5.41) is 6.07. The summed E-state index contributed by atoms with van der Waals surface area (Å²) in [5.41, 5.74) is 0.441. The van der Waals surface area contributed by atoms with Gasteiger partial charge in [0.1, 0.15) is 28.8 Å². The van der Waals surface area contributed by atoms with Gasteiger partial charge in [-0.25, -0.2) is 13.8 Å². The summed E-state index contributed by atoms with van der Waals surface area (Å²) in [4.78, 5) is 21.1. The fraction of sp³-hybridized carbons (Fsp3) is 0.250. The summed E-state index contributed by atoms with van der Waals surface area (Å²) in [7, 11) is 3.29. The number of nitrogens with one attached hydrogen (secondary N) is 2. The molecule has 9 nitrogen and oxygen atoms in total. The number of aromatic nitrogens is 2. The SMILES string of the molecule is CNCCOc1cc2nccc(Oc3c(F)cc(NC(=O)c4cnc(Cl)cc4OC4CC4)cc3F)c2cc1OC. The highest BCUT2D eigenvalue weighted by Gasteiger charge is 2.27. The summed E-state index contributed by atoms with van der Waals surface area (Å²) < 4.78 is 52.8. The number of rotatable bonds is 11. The molecule has 1 aliphatic carbocycles. The standard InChI is InChI=1S/C28H25ClF2N4O5/c1-32-7-8-38-25-12-21-17(11-24(25)37-2)22(5-6-33-21)40-27-19(30)9-15(10-20(27)31)35-28(36)18-14-34-26(29)13-23(18)39-16-3-4-16/h5-6,9-14,16,32H,3-4,7-8H2,1-2H3,(H,35,36). The summed E-state index contributed by atoms with van der Waals surface area (Å²) in [6.07, 6.45) is 4.43. The van der Waals surface area contributed by atoms with Crippen molar-refractivity contribution in [3.8, 4) is 28.7 Å². The Morgan fingerprint density at radius 2 is 1.82 bits per heavy atom. The minimum absolute atomic E-state index is 0.00181. The van der Waals surface area contributed by atoms with Crippen molar-refractivity contribution in [3.05, 3.63) is 71.1 Å². The quantitative estimate of drug-likeness (QED) is 0.173. The van der Waals surface area contributed by atoms with Crippen molar-refractivity contribution in [2.24, 2.45) is 0 Å². The van der Waals surface area contributed by atoms with Gasteiger partial charge in [-0.05, 0) is 32.0 Å². The van der Waals surface area contributed by atoms with E-state index in [1.54, 1.807) is 12.1 Å². The van der Waals surface area contributed by atoms with Crippen molar-refractivity contribution < 1.29 is 32.5 Å². The maximum absolute atomic E-state index is 15.1. The van der Waals surface area contributed by atoms with E-state index in [1.165, 1.54) is 31.6 Å². The van der Waals surface area contributed by atoms with Crippen LogP contribution in [-0.2, 0) is 0 Å². The average Bonchev–Trinajstić information content (AvgIpc) is 3.74. The lowest BCUT2D eigenvalue weighted by molar-refractivity contribution is 0.102. The smallest absolute Gasteiger partial charge is 0.261 e. The Hall–Kier alpha value is -4.22. The highest BCUT2D eigenvalue weighted by molar-refractivity contribution is 6.29. The van der Waals surface area contributed by atoms with Gasteiger partial charge >= 0.3 is 0 Å². The molecule has 0 aliphatic heterocycles. The van der Waals surface area contributed by atoms with E-state index in [1.807, 2.05) is 7.05 Å². The predicted molar refractivity (Wildman–Crippen MR) is 145 cm³/mol. The van der Waals surface area contributed by atoms with E-state index >= 15 is 8.78 Å². The van der Waals surface area contributed by atoms with E-state index in [4.69, 9.17) is 30.5 Å². The Labute approximate surface area is 233 Å². The van der Waals surface area contributed by atoms with Crippen LogP contribution < -0.4 is 29.6 Å². The second-order valence-electron chi connectivity index (χ2n) is 8.93. The predicted octanol–water partition coefficient (Wildman–Crippen LogP) is 5.75. The van der Waals surface area contributed by atoms with E-state index < -0.39 is 23.3 Å². The molecule has 1 amide bonds. The summed E-state index contributed by atoms with van der Waals surface area (Å²) in [6.45, 7) is 1.02. The topological polar surface area (TPSA) is 104 Å². The average molecular weight is 571 g/mol. The number of ether oxygens (including phenoxy) is 4. The van der Waals surface area contributed by atoms with Crippen LogP contribution >= 0.6 is 11.6 Å². The van der Waals surface area contributed by atoms with Gasteiger partial charge in [0.15, 0.2) is 28.9 Å². The molecular weight excluding hydrogens is 546 g/mol. The van der Waals surface area contributed by atoms with Crippen molar-refractivity contribution in [2.45, 2.75) is 18.9 Å². The number of nitrogens with zero attached hydrogens (tertiary/aromatic N) is 2. The third-order valence-corrected chi connectivity index (χ3v) is 6.17. The lowest BCUT2D eigenvalue weighted by Gasteiger charge is -2.15. The van der Waals surface area contributed by atoms with Crippen LogP contribution in [-0.4, -0.2) is 49.3 Å². The molecule has 1 fully saturated rings. The van der Waals surface area contributed by atoms with Gasteiger partial charge in [0, 0.05) is 54.3 Å². The fourth-order valence-electron chi connectivity index (χ4n) is 3.84. The fourth-order valence-corrected chi connectivity index (χ4v) is 3.99. The maximum atomic E-state index is 15.1. The van der Waals surface area contributed by atoms with Crippen molar-refractivity contribution in [1.82, 2.24) is 15.3 Å². The number of hydrogen-bond acceptors (Lipinski definition) is 8. The third kappa shape index (κ3) is 6.16. The molecular formula is C28H25ClF2N4O5. The summed E-state index contributed by atoms with van der Waals surface area (Å²) in [5.74, 6) is -2.09. The van der Waals surface area contributed by atoms with Crippen molar-refractivity contribution >= 4 is 34.1 Å². The number of anilines is 1. The van der Waals surface area contributed by atoms with Gasteiger partial charge in [0.25, 0.3) is 5.91 Å². The zero-order valence-electron chi connectivity index (χ0n) is 21.6. The van der Waals surface area contributed by atoms with Crippen LogP contribution in [0.25, 0.3) is 10.9 Å². The van der Waals surface area contributed by atoms with Crippen LogP contribution in [0.1, 0.15) is 23.2 Å². The highest BCUT2D eigenvalue weighted by atomic mass is 35.5. The molecule has 0 atom stereocenters. The van der Waals surface area contributed by atoms with Gasteiger partial charge in [0.05, 0.1) is 18.7 Å². The van der Waals surface area contributed by atoms with E-state index in [0.717, 1.165) is 25.0 Å². The summed E-state index contributed by atoms with van der Waals surface area (Å²) in [6, 6.07) is 8.11. The molecule has 0 saturated heterocycles. The number of amides is 1. The number of hydrogen-bond donors (Lipinski definition) is 2. The lowest BCUT2D eigenvalue weighted by Crippen LogP contribution is -2.16. The van der Waals surface area contributed by atoms with Crippen molar-refractivity contribution in [2.75, 3.05) is 32.6 Å². The molecule has 1 aliphatic rings. The molecule has 12 heteroatoms. The molecule has 2 aromatic carbocycles. The third-order valence-electron chi connectivity index (χ3n) is 5.96. The van der Waals surface area contributed by atoms with Gasteiger partial charge in [-0.2, -0.15) is 0 Å². The molecule has 0 spiro atoms. The van der Waals surface area contributed by atoms with Gasteiger partial charge in [-0.3, -0.25) is 9.78 Å². The molecule has 1 saturated carbocycles. The minimum atomic E-state index is -1.03. The molecule has 2 aromatic heterocycles. The molecule has 2 heterocycles.